The maximum atomic E-state index is 12.1. The predicted octanol–water partition coefficient (Wildman–Crippen LogP) is 0.602. The molecule has 0 bridgehead atoms. The van der Waals surface area contributed by atoms with Crippen LogP contribution in [0, 0.1) is 0 Å². The Morgan fingerprint density at radius 2 is 2.10 bits per heavy atom. The van der Waals surface area contributed by atoms with Crippen molar-refractivity contribution >= 4 is 12.0 Å². The summed E-state index contributed by atoms with van der Waals surface area (Å²) in [5.74, 6) is -0.981. The number of hydrogen-bond acceptors (Lipinski definition) is 4. The first-order valence-corrected chi connectivity index (χ1v) is 7.55. The number of aliphatic carboxylic acids is 1. The predicted molar refractivity (Wildman–Crippen MR) is 79.3 cm³/mol. The minimum absolute atomic E-state index is 0.205. The molecule has 2 unspecified atom stereocenters. The maximum absolute atomic E-state index is 12.1. The first-order valence-electron chi connectivity index (χ1n) is 7.55. The zero-order chi connectivity index (χ0) is 15.8. The van der Waals surface area contributed by atoms with Crippen molar-refractivity contribution in [2.75, 3.05) is 39.8 Å². The molecule has 1 fully saturated rings. The Morgan fingerprint density at radius 1 is 1.38 bits per heavy atom. The van der Waals surface area contributed by atoms with Gasteiger partial charge in [-0.1, -0.05) is 13.8 Å². The van der Waals surface area contributed by atoms with E-state index in [1.165, 1.54) is 12.0 Å². The van der Waals surface area contributed by atoms with Crippen molar-refractivity contribution in [1.29, 1.82) is 0 Å². The number of ether oxygens (including phenoxy) is 1. The van der Waals surface area contributed by atoms with Gasteiger partial charge in [0.2, 0.25) is 0 Å². The lowest BCUT2D eigenvalue weighted by atomic mass is 10.2. The van der Waals surface area contributed by atoms with Crippen LogP contribution in [0.5, 0.6) is 0 Å². The first kappa shape index (κ1) is 17.7. The Labute approximate surface area is 126 Å². The molecule has 21 heavy (non-hydrogen) atoms. The van der Waals surface area contributed by atoms with E-state index in [2.05, 4.69) is 24.1 Å². The number of rotatable bonds is 8. The van der Waals surface area contributed by atoms with Crippen LogP contribution in [0.15, 0.2) is 0 Å². The van der Waals surface area contributed by atoms with E-state index in [0.29, 0.717) is 19.5 Å². The number of amides is 2. The van der Waals surface area contributed by atoms with Gasteiger partial charge in [0.15, 0.2) is 0 Å². The first-order chi connectivity index (χ1) is 10.0. The van der Waals surface area contributed by atoms with Crippen molar-refractivity contribution in [3.63, 3.8) is 0 Å². The Kier molecular flexibility index (Phi) is 7.45. The molecule has 2 atom stereocenters. The highest BCUT2D eigenvalue weighted by Crippen LogP contribution is 2.20. The lowest BCUT2D eigenvalue weighted by molar-refractivity contribution is -0.141. The Balaban J connectivity index is 2.44. The Bertz CT molecular complexity index is 351. The van der Waals surface area contributed by atoms with Gasteiger partial charge in [-0.15, -0.1) is 0 Å². The third-order valence-electron chi connectivity index (χ3n) is 3.83. The van der Waals surface area contributed by atoms with Crippen molar-refractivity contribution in [3.8, 4) is 0 Å². The number of likely N-dealkylation sites (tertiary alicyclic amines) is 1. The largest absolute Gasteiger partial charge is 0.480 e. The molecule has 2 N–H and O–H groups in total. The van der Waals surface area contributed by atoms with Crippen LogP contribution in [0.25, 0.3) is 0 Å². The maximum Gasteiger partial charge on any atom is 0.326 e. The minimum atomic E-state index is -0.981. The van der Waals surface area contributed by atoms with Crippen LogP contribution >= 0.6 is 0 Å². The van der Waals surface area contributed by atoms with E-state index in [0.717, 1.165) is 26.1 Å². The fourth-order valence-corrected chi connectivity index (χ4v) is 2.59. The van der Waals surface area contributed by atoms with Crippen molar-refractivity contribution in [2.24, 2.45) is 0 Å². The molecule has 1 aliphatic heterocycles. The van der Waals surface area contributed by atoms with E-state index in [-0.39, 0.29) is 12.1 Å². The summed E-state index contributed by atoms with van der Waals surface area (Å²) in [5, 5.41) is 12.0. The molecular weight excluding hydrogens is 274 g/mol. The van der Waals surface area contributed by atoms with Gasteiger partial charge in [-0.05, 0) is 19.5 Å². The summed E-state index contributed by atoms with van der Waals surface area (Å²) in [6, 6.07) is -1.12. The smallest absolute Gasteiger partial charge is 0.326 e. The van der Waals surface area contributed by atoms with Crippen LogP contribution in [0.3, 0.4) is 0 Å². The molecule has 0 aromatic heterocycles. The number of nitrogens with zero attached hydrogens (tertiary/aromatic N) is 2. The fourth-order valence-electron chi connectivity index (χ4n) is 2.59. The number of likely N-dealkylation sites (N-methyl/N-ethyl adjacent to an activating group) is 1. The van der Waals surface area contributed by atoms with Crippen LogP contribution in [0.2, 0.25) is 0 Å². The summed E-state index contributed by atoms with van der Waals surface area (Å²) in [6.45, 7) is 7.76. The zero-order valence-corrected chi connectivity index (χ0v) is 13.2. The van der Waals surface area contributed by atoms with E-state index < -0.39 is 12.0 Å². The monoisotopic (exact) mass is 301 g/mol. The molecule has 7 nitrogen and oxygen atoms in total. The summed E-state index contributed by atoms with van der Waals surface area (Å²) in [5.41, 5.74) is 0. The van der Waals surface area contributed by atoms with Gasteiger partial charge in [0, 0.05) is 33.2 Å². The van der Waals surface area contributed by atoms with Crippen molar-refractivity contribution in [1.82, 2.24) is 15.1 Å². The second-order valence-corrected chi connectivity index (χ2v) is 5.27. The van der Waals surface area contributed by atoms with Gasteiger partial charge in [-0.3, -0.25) is 0 Å². The minimum Gasteiger partial charge on any atom is -0.480 e. The van der Waals surface area contributed by atoms with Crippen LogP contribution in [-0.4, -0.2) is 78.9 Å². The fraction of sp³-hybridized carbons (Fsp3) is 0.857. The average molecular weight is 301 g/mol. The summed E-state index contributed by atoms with van der Waals surface area (Å²) in [4.78, 5) is 26.9. The second-order valence-electron chi connectivity index (χ2n) is 5.27. The van der Waals surface area contributed by atoms with Gasteiger partial charge in [0.1, 0.15) is 6.04 Å². The van der Waals surface area contributed by atoms with Crippen LogP contribution < -0.4 is 5.32 Å². The normalized spacial score (nSPS) is 21.8. The molecule has 0 aromatic carbocycles. The highest BCUT2D eigenvalue weighted by molar-refractivity contribution is 5.83. The van der Waals surface area contributed by atoms with E-state index in [4.69, 9.17) is 4.74 Å². The van der Waals surface area contributed by atoms with E-state index in [1.54, 1.807) is 0 Å². The number of carbonyl (C=O) groups excluding carboxylic acids is 1. The molecule has 122 valence electrons. The molecule has 1 aliphatic rings. The number of carbonyl (C=O) groups is 2. The Morgan fingerprint density at radius 3 is 2.62 bits per heavy atom. The van der Waals surface area contributed by atoms with Gasteiger partial charge < -0.3 is 25.0 Å². The van der Waals surface area contributed by atoms with Crippen molar-refractivity contribution in [2.45, 2.75) is 38.8 Å². The van der Waals surface area contributed by atoms with E-state index >= 15 is 0 Å². The summed E-state index contributed by atoms with van der Waals surface area (Å²) in [6.07, 6.45) is 1.21. The quantitative estimate of drug-likeness (QED) is 0.686. The molecule has 0 spiro atoms. The third kappa shape index (κ3) is 5.17. The molecular formula is C14H27N3O4. The number of urea groups is 1. The van der Waals surface area contributed by atoms with E-state index in [9.17, 15) is 14.7 Å². The third-order valence-corrected chi connectivity index (χ3v) is 3.83. The van der Waals surface area contributed by atoms with Gasteiger partial charge in [0.05, 0.1) is 6.10 Å². The number of carboxylic acid groups (broad SMARTS) is 1. The van der Waals surface area contributed by atoms with E-state index in [1.807, 2.05) is 0 Å². The van der Waals surface area contributed by atoms with Gasteiger partial charge in [-0.25, -0.2) is 9.59 Å². The molecule has 1 heterocycles. The van der Waals surface area contributed by atoms with Gasteiger partial charge >= 0.3 is 12.0 Å². The lowest BCUT2D eigenvalue weighted by Crippen LogP contribution is -2.47. The standard InChI is InChI=1S/C14H27N3O4/c1-4-7-16(5-2)8-6-15-14(20)17-10-11(21-3)9-12(17)13(18)19/h11-12H,4-10H2,1-3H3,(H,15,20)(H,18,19). The highest BCUT2D eigenvalue weighted by atomic mass is 16.5. The number of nitrogens with one attached hydrogen (secondary N) is 1. The molecule has 7 heteroatoms. The van der Waals surface area contributed by atoms with Gasteiger partial charge in [-0.2, -0.15) is 0 Å². The summed E-state index contributed by atoms with van der Waals surface area (Å²) < 4.78 is 5.17. The Hall–Kier alpha value is -1.34. The summed E-state index contributed by atoms with van der Waals surface area (Å²) in [7, 11) is 1.54. The SMILES string of the molecule is CCCN(CC)CCNC(=O)N1CC(OC)CC1C(=O)O. The summed E-state index contributed by atoms with van der Waals surface area (Å²) >= 11 is 0. The molecule has 0 radical (unpaired) electrons. The van der Waals surface area contributed by atoms with Gasteiger partial charge in [0.25, 0.3) is 0 Å². The van der Waals surface area contributed by atoms with Crippen LogP contribution in [-0.2, 0) is 9.53 Å². The van der Waals surface area contributed by atoms with Crippen LogP contribution in [0.1, 0.15) is 26.7 Å². The molecule has 0 saturated carbocycles. The zero-order valence-electron chi connectivity index (χ0n) is 13.2. The molecule has 1 saturated heterocycles. The topological polar surface area (TPSA) is 82.1 Å². The number of hydrogen-bond donors (Lipinski definition) is 2. The molecule has 0 aromatic rings. The number of methoxy groups -OCH3 is 1. The average Bonchev–Trinajstić information content (AvgIpc) is 2.90. The van der Waals surface area contributed by atoms with Crippen LogP contribution in [0.4, 0.5) is 4.79 Å². The molecule has 1 rings (SSSR count). The van der Waals surface area contributed by atoms with Crippen molar-refractivity contribution in [3.05, 3.63) is 0 Å². The van der Waals surface area contributed by atoms with Crippen molar-refractivity contribution < 1.29 is 19.4 Å². The number of carboxylic acids is 1. The second kappa shape index (κ2) is 8.84. The highest BCUT2D eigenvalue weighted by Gasteiger charge is 2.39. The molecule has 0 aliphatic carbocycles. The lowest BCUT2D eigenvalue weighted by Gasteiger charge is -2.23. The molecule has 2 amide bonds.